The summed E-state index contributed by atoms with van der Waals surface area (Å²) in [5.74, 6) is 0.349. The molecule has 0 atom stereocenters. The molecule has 0 unspecified atom stereocenters. The standard InChI is InChI=1S/C6H5BrN2O/c1-2-9-5(7)3-8-6(9)4-10/h2-4H,1H2. The molecule has 0 aromatic carbocycles. The molecule has 0 fully saturated rings. The fourth-order valence-corrected chi connectivity index (χ4v) is 1.05. The third-order valence-corrected chi connectivity index (χ3v) is 1.66. The molecule has 0 spiro atoms. The predicted octanol–water partition coefficient (Wildman–Crippen LogP) is 1.56. The first-order chi connectivity index (χ1) is 4.79. The normalized spacial score (nSPS) is 9.30. The van der Waals surface area contributed by atoms with E-state index in [1.807, 2.05) is 0 Å². The topological polar surface area (TPSA) is 34.9 Å². The highest BCUT2D eigenvalue weighted by atomic mass is 79.9. The van der Waals surface area contributed by atoms with E-state index in [0.717, 1.165) is 4.60 Å². The maximum absolute atomic E-state index is 10.2. The number of hydrogen-bond donors (Lipinski definition) is 0. The predicted molar refractivity (Wildman–Crippen MR) is 41.7 cm³/mol. The monoisotopic (exact) mass is 200 g/mol. The van der Waals surface area contributed by atoms with E-state index in [1.54, 1.807) is 10.8 Å². The Morgan fingerprint density at radius 2 is 2.50 bits per heavy atom. The van der Waals surface area contributed by atoms with Crippen molar-refractivity contribution in [2.45, 2.75) is 0 Å². The fourth-order valence-electron chi connectivity index (χ4n) is 0.621. The van der Waals surface area contributed by atoms with Crippen molar-refractivity contribution in [3.8, 4) is 0 Å². The fraction of sp³-hybridized carbons (Fsp3) is 0. The van der Waals surface area contributed by atoms with Crippen molar-refractivity contribution in [2.24, 2.45) is 0 Å². The number of hydrogen-bond acceptors (Lipinski definition) is 2. The lowest BCUT2D eigenvalue weighted by Gasteiger charge is -1.93. The summed E-state index contributed by atoms with van der Waals surface area (Å²) in [5.41, 5.74) is 0. The molecule has 0 saturated heterocycles. The van der Waals surface area contributed by atoms with Gasteiger partial charge in [-0.3, -0.25) is 9.36 Å². The van der Waals surface area contributed by atoms with Crippen LogP contribution in [-0.4, -0.2) is 15.8 Å². The number of carbonyl (C=O) groups is 1. The van der Waals surface area contributed by atoms with Crippen molar-refractivity contribution in [3.05, 3.63) is 23.2 Å². The Labute approximate surface area is 66.5 Å². The highest BCUT2D eigenvalue weighted by molar-refractivity contribution is 9.10. The average molecular weight is 201 g/mol. The van der Waals surface area contributed by atoms with Gasteiger partial charge in [0.05, 0.1) is 6.20 Å². The molecule has 0 aliphatic carbocycles. The van der Waals surface area contributed by atoms with Crippen molar-refractivity contribution in [2.75, 3.05) is 0 Å². The molecule has 1 aromatic rings. The van der Waals surface area contributed by atoms with E-state index >= 15 is 0 Å². The number of nitrogens with zero attached hydrogens (tertiary/aromatic N) is 2. The van der Waals surface area contributed by atoms with E-state index in [9.17, 15) is 4.79 Å². The molecule has 10 heavy (non-hydrogen) atoms. The zero-order chi connectivity index (χ0) is 7.56. The molecular formula is C6H5BrN2O. The molecule has 0 amide bonds. The first-order valence-corrected chi connectivity index (χ1v) is 3.39. The van der Waals surface area contributed by atoms with Gasteiger partial charge in [-0.05, 0) is 15.9 Å². The number of aldehydes is 1. The Kier molecular flexibility index (Phi) is 2.01. The van der Waals surface area contributed by atoms with Crippen LogP contribution in [0.15, 0.2) is 17.4 Å². The molecule has 0 radical (unpaired) electrons. The molecule has 0 aliphatic rings. The summed E-state index contributed by atoms with van der Waals surface area (Å²) in [7, 11) is 0. The van der Waals surface area contributed by atoms with Crippen LogP contribution in [0, 0.1) is 0 Å². The molecule has 1 heterocycles. The molecule has 0 bridgehead atoms. The van der Waals surface area contributed by atoms with Gasteiger partial charge >= 0.3 is 0 Å². The third-order valence-electron chi connectivity index (χ3n) is 1.07. The number of rotatable bonds is 2. The van der Waals surface area contributed by atoms with Gasteiger partial charge in [-0.15, -0.1) is 0 Å². The van der Waals surface area contributed by atoms with E-state index in [1.165, 1.54) is 6.20 Å². The van der Waals surface area contributed by atoms with E-state index < -0.39 is 0 Å². The van der Waals surface area contributed by atoms with E-state index in [4.69, 9.17) is 0 Å². The van der Waals surface area contributed by atoms with Crippen molar-refractivity contribution in [3.63, 3.8) is 0 Å². The molecular weight excluding hydrogens is 196 g/mol. The molecule has 3 nitrogen and oxygen atoms in total. The van der Waals surface area contributed by atoms with E-state index in [0.29, 0.717) is 12.1 Å². The molecule has 1 rings (SSSR count). The van der Waals surface area contributed by atoms with Crippen molar-refractivity contribution >= 4 is 28.4 Å². The maximum Gasteiger partial charge on any atom is 0.185 e. The second-order valence-electron chi connectivity index (χ2n) is 1.61. The molecule has 52 valence electrons. The maximum atomic E-state index is 10.2. The Morgan fingerprint density at radius 3 is 2.90 bits per heavy atom. The second kappa shape index (κ2) is 2.79. The Balaban J connectivity index is 3.25. The largest absolute Gasteiger partial charge is 0.294 e. The van der Waals surface area contributed by atoms with Crippen LogP contribution in [0.2, 0.25) is 0 Å². The Morgan fingerprint density at radius 1 is 1.80 bits per heavy atom. The summed E-state index contributed by atoms with van der Waals surface area (Å²) >= 11 is 3.19. The van der Waals surface area contributed by atoms with Crippen LogP contribution in [0.4, 0.5) is 0 Å². The number of halogens is 1. The van der Waals surface area contributed by atoms with Gasteiger partial charge < -0.3 is 0 Å². The first kappa shape index (κ1) is 7.21. The molecule has 4 heteroatoms. The van der Waals surface area contributed by atoms with Gasteiger partial charge in [0.1, 0.15) is 4.60 Å². The van der Waals surface area contributed by atoms with Gasteiger partial charge in [0, 0.05) is 6.20 Å². The Bertz CT molecular complexity index is 267. The second-order valence-corrected chi connectivity index (χ2v) is 2.42. The lowest BCUT2D eigenvalue weighted by Crippen LogP contribution is -1.93. The number of carbonyl (C=O) groups excluding carboxylic acids is 1. The number of imidazole rings is 1. The van der Waals surface area contributed by atoms with Gasteiger partial charge in [-0.25, -0.2) is 4.98 Å². The quantitative estimate of drug-likeness (QED) is 0.680. The lowest BCUT2D eigenvalue weighted by molar-refractivity contribution is 0.111. The minimum atomic E-state index is 0.349. The van der Waals surface area contributed by atoms with Crippen LogP contribution < -0.4 is 0 Å². The van der Waals surface area contributed by atoms with Crippen molar-refractivity contribution < 1.29 is 4.79 Å². The molecule has 0 N–H and O–H groups in total. The minimum absolute atomic E-state index is 0.349. The van der Waals surface area contributed by atoms with Gasteiger partial charge in [0.2, 0.25) is 0 Å². The van der Waals surface area contributed by atoms with Gasteiger partial charge in [0.15, 0.2) is 12.1 Å². The number of aromatic nitrogens is 2. The molecule has 0 aliphatic heterocycles. The third kappa shape index (κ3) is 1.02. The van der Waals surface area contributed by atoms with Crippen LogP contribution in [0.5, 0.6) is 0 Å². The van der Waals surface area contributed by atoms with Crippen LogP contribution in [-0.2, 0) is 0 Å². The summed E-state index contributed by atoms with van der Waals surface area (Å²) in [5, 5.41) is 0. The van der Waals surface area contributed by atoms with E-state index in [-0.39, 0.29) is 0 Å². The molecule has 0 saturated carbocycles. The summed E-state index contributed by atoms with van der Waals surface area (Å²) < 4.78 is 2.28. The van der Waals surface area contributed by atoms with Crippen molar-refractivity contribution in [1.29, 1.82) is 0 Å². The van der Waals surface area contributed by atoms with Crippen LogP contribution in [0.3, 0.4) is 0 Å². The van der Waals surface area contributed by atoms with Crippen LogP contribution >= 0.6 is 15.9 Å². The van der Waals surface area contributed by atoms with Gasteiger partial charge in [-0.1, -0.05) is 6.58 Å². The summed E-state index contributed by atoms with van der Waals surface area (Å²) in [6.07, 6.45) is 3.73. The van der Waals surface area contributed by atoms with E-state index in [2.05, 4.69) is 27.5 Å². The average Bonchev–Trinajstić information content (AvgIpc) is 2.30. The van der Waals surface area contributed by atoms with Gasteiger partial charge in [-0.2, -0.15) is 0 Å². The first-order valence-electron chi connectivity index (χ1n) is 2.60. The summed E-state index contributed by atoms with van der Waals surface area (Å²) in [6, 6.07) is 0. The van der Waals surface area contributed by atoms with Crippen LogP contribution in [0.1, 0.15) is 10.6 Å². The SMILES string of the molecule is C=Cn1c(Br)cnc1C=O. The zero-order valence-electron chi connectivity index (χ0n) is 5.12. The Hall–Kier alpha value is -0.900. The highest BCUT2D eigenvalue weighted by Crippen LogP contribution is 2.10. The lowest BCUT2D eigenvalue weighted by atomic mass is 10.7. The van der Waals surface area contributed by atoms with Gasteiger partial charge in [0.25, 0.3) is 0 Å². The smallest absolute Gasteiger partial charge is 0.185 e. The summed E-state index contributed by atoms with van der Waals surface area (Å²) in [4.78, 5) is 14.0. The van der Waals surface area contributed by atoms with Crippen LogP contribution in [0.25, 0.3) is 6.20 Å². The molecule has 1 aromatic heterocycles. The van der Waals surface area contributed by atoms with Crippen molar-refractivity contribution in [1.82, 2.24) is 9.55 Å². The zero-order valence-corrected chi connectivity index (χ0v) is 6.71. The minimum Gasteiger partial charge on any atom is -0.294 e. The summed E-state index contributed by atoms with van der Waals surface area (Å²) in [6.45, 7) is 3.51. The highest BCUT2D eigenvalue weighted by Gasteiger charge is 2.01.